The van der Waals surface area contributed by atoms with Crippen LogP contribution in [0.4, 0.5) is 0 Å². The van der Waals surface area contributed by atoms with E-state index in [0.717, 1.165) is 25.4 Å². The Balaban J connectivity index is 1.93. The van der Waals surface area contributed by atoms with Crippen LogP contribution in [0.5, 0.6) is 0 Å². The molecule has 2 N–H and O–H groups in total. The molecule has 3 heteroatoms. The summed E-state index contributed by atoms with van der Waals surface area (Å²) in [6, 6.07) is 4.60. The Labute approximate surface area is 84.9 Å². The van der Waals surface area contributed by atoms with Gasteiger partial charge in [0.05, 0.1) is 12.8 Å². The van der Waals surface area contributed by atoms with Crippen LogP contribution in [-0.4, -0.2) is 24.0 Å². The van der Waals surface area contributed by atoms with Crippen molar-refractivity contribution in [2.45, 2.75) is 25.9 Å². The third kappa shape index (κ3) is 1.99. The zero-order valence-corrected chi connectivity index (χ0v) is 8.65. The van der Waals surface area contributed by atoms with Crippen molar-refractivity contribution in [1.82, 2.24) is 4.90 Å². The Morgan fingerprint density at radius 2 is 2.50 bits per heavy atom. The maximum Gasteiger partial charge on any atom is 0.117 e. The number of rotatable bonds is 3. The van der Waals surface area contributed by atoms with Gasteiger partial charge in [-0.1, -0.05) is 0 Å². The van der Waals surface area contributed by atoms with Gasteiger partial charge in [-0.2, -0.15) is 0 Å². The van der Waals surface area contributed by atoms with Crippen molar-refractivity contribution < 1.29 is 4.42 Å². The molecule has 1 fully saturated rings. The molecule has 0 amide bonds. The molecule has 0 saturated carbocycles. The Morgan fingerprint density at radius 1 is 1.64 bits per heavy atom. The molecule has 1 aliphatic rings. The van der Waals surface area contributed by atoms with Crippen molar-refractivity contribution >= 4 is 0 Å². The SMILES string of the molecule is CC1CC(CN)CN1Cc1ccco1. The first-order valence-corrected chi connectivity index (χ1v) is 5.26. The van der Waals surface area contributed by atoms with E-state index in [1.165, 1.54) is 6.42 Å². The topological polar surface area (TPSA) is 42.4 Å². The predicted molar refractivity (Wildman–Crippen MR) is 55.7 cm³/mol. The zero-order valence-electron chi connectivity index (χ0n) is 8.65. The molecule has 0 bridgehead atoms. The Morgan fingerprint density at radius 3 is 3.07 bits per heavy atom. The molecule has 0 radical (unpaired) electrons. The molecule has 1 aromatic heterocycles. The first kappa shape index (κ1) is 9.74. The largest absolute Gasteiger partial charge is 0.468 e. The van der Waals surface area contributed by atoms with Crippen LogP contribution < -0.4 is 5.73 Å². The van der Waals surface area contributed by atoms with Crippen LogP contribution in [0.2, 0.25) is 0 Å². The Bertz CT molecular complexity index is 271. The fourth-order valence-corrected chi connectivity index (χ4v) is 2.21. The van der Waals surface area contributed by atoms with Crippen molar-refractivity contribution in [2.24, 2.45) is 11.7 Å². The van der Waals surface area contributed by atoms with E-state index >= 15 is 0 Å². The number of nitrogens with two attached hydrogens (primary N) is 1. The summed E-state index contributed by atoms with van der Waals surface area (Å²) < 4.78 is 5.34. The van der Waals surface area contributed by atoms with Crippen LogP contribution >= 0.6 is 0 Å². The smallest absolute Gasteiger partial charge is 0.117 e. The molecule has 2 unspecified atom stereocenters. The summed E-state index contributed by atoms with van der Waals surface area (Å²) in [5.74, 6) is 1.72. The summed E-state index contributed by atoms with van der Waals surface area (Å²) in [6.07, 6.45) is 2.95. The van der Waals surface area contributed by atoms with Gasteiger partial charge in [-0.3, -0.25) is 4.90 Å². The van der Waals surface area contributed by atoms with E-state index in [4.69, 9.17) is 10.2 Å². The summed E-state index contributed by atoms with van der Waals surface area (Å²) in [7, 11) is 0. The van der Waals surface area contributed by atoms with Gasteiger partial charge >= 0.3 is 0 Å². The second-order valence-electron chi connectivity index (χ2n) is 4.20. The van der Waals surface area contributed by atoms with Crippen molar-refractivity contribution in [3.8, 4) is 0 Å². The number of hydrogen-bond donors (Lipinski definition) is 1. The summed E-state index contributed by atoms with van der Waals surface area (Å²) in [5.41, 5.74) is 5.68. The Kier molecular flexibility index (Phi) is 2.89. The van der Waals surface area contributed by atoms with E-state index < -0.39 is 0 Å². The fourth-order valence-electron chi connectivity index (χ4n) is 2.21. The average molecular weight is 194 g/mol. The monoisotopic (exact) mass is 194 g/mol. The van der Waals surface area contributed by atoms with E-state index in [-0.39, 0.29) is 0 Å². The first-order chi connectivity index (χ1) is 6.79. The number of furan rings is 1. The van der Waals surface area contributed by atoms with E-state index in [1.807, 2.05) is 12.1 Å². The molecule has 0 aliphatic carbocycles. The quantitative estimate of drug-likeness (QED) is 0.792. The average Bonchev–Trinajstić information content (AvgIpc) is 2.78. The minimum atomic E-state index is 0.633. The molecule has 2 heterocycles. The molecular weight excluding hydrogens is 176 g/mol. The molecule has 1 saturated heterocycles. The van der Waals surface area contributed by atoms with Crippen LogP contribution in [-0.2, 0) is 6.54 Å². The minimum absolute atomic E-state index is 0.633. The van der Waals surface area contributed by atoms with Crippen molar-refractivity contribution in [1.29, 1.82) is 0 Å². The van der Waals surface area contributed by atoms with Crippen LogP contribution in [0.25, 0.3) is 0 Å². The highest BCUT2D eigenvalue weighted by molar-refractivity contribution is 4.99. The molecule has 0 aromatic carbocycles. The molecule has 1 aliphatic heterocycles. The maximum absolute atomic E-state index is 5.68. The zero-order chi connectivity index (χ0) is 9.97. The van der Waals surface area contributed by atoms with Crippen LogP contribution in [0.15, 0.2) is 22.8 Å². The van der Waals surface area contributed by atoms with Crippen LogP contribution in [0, 0.1) is 5.92 Å². The van der Waals surface area contributed by atoms with Gasteiger partial charge in [-0.05, 0) is 37.9 Å². The highest BCUT2D eigenvalue weighted by Crippen LogP contribution is 2.23. The van der Waals surface area contributed by atoms with E-state index in [0.29, 0.717) is 12.0 Å². The lowest BCUT2D eigenvalue weighted by atomic mass is 10.1. The third-order valence-corrected chi connectivity index (χ3v) is 3.06. The lowest BCUT2D eigenvalue weighted by Gasteiger charge is -2.19. The summed E-state index contributed by atoms with van der Waals surface area (Å²) in [4.78, 5) is 2.44. The summed E-state index contributed by atoms with van der Waals surface area (Å²) in [6.45, 7) is 5.10. The Hall–Kier alpha value is -0.800. The van der Waals surface area contributed by atoms with E-state index in [1.54, 1.807) is 6.26 Å². The summed E-state index contributed by atoms with van der Waals surface area (Å²) >= 11 is 0. The van der Waals surface area contributed by atoms with Gasteiger partial charge in [0.15, 0.2) is 0 Å². The van der Waals surface area contributed by atoms with Gasteiger partial charge in [0.1, 0.15) is 5.76 Å². The predicted octanol–water partition coefficient (Wildman–Crippen LogP) is 1.45. The second-order valence-corrected chi connectivity index (χ2v) is 4.20. The molecule has 2 rings (SSSR count). The van der Waals surface area contributed by atoms with Gasteiger partial charge in [-0.25, -0.2) is 0 Å². The normalized spacial score (nSPS) is 28.4. The number of hydrogen-bond acceptors (Lipinski definition) is 3. The van der Waals surface area contributed by atoms with Crippen molar-refractivity contribution in [3.63, 3.8) is 0 Å². The number of likely N-dealkylation sites (tertiary alicyclic amines) is 1. The van der Waals surface area contributed by atoms with E-state index in [9.17, 15) is 0 Å². The minimum Gasteiger partial charge on any atom is -0.468 e. The fraction of sp³-hybridized carbons (Fsp3) is 0.636. The molecule has 1 aromatic rings. The standard InChI is InChI=1S/C11H18N2O/c1-9-5-10(6-12)7-13(9)8-11-3-2-4-14-11/h2-4,9-10H,5-8,12H2,1H3. The van der Waals surface area contributed by atoms with Gasteiger partial charge in [0.25, 0.3) is 0 Å². The lowest BCUT2D eigenvalue weighted by Crippen LogP contribution is -2.27. The second kappa shape index (κ2) is 4.15. The number of nitrogens with zero attached hydrogens (tertiary/aromatic N) is 1. The molecule has 78 valence electrons. The first-order valence-electron chi connectivity index (χ1n) is 5.26. The molecule has 3 nitrogen and oxygen atoms in total. The van der Waals surface area contributed by atoms with E-state index in [2.05, 4.69) is 11.8 Å². The third-order valence-electron chi connectivity index (χ3n) is 3.06. The van der Waals surface area contributed by atoms with Crippen LogP contribution in [0.3, 0.4) is 0 Å². The molecule has 14 heavy (non-hydrogen) atoms. The van der Waals surface area contributed by atoms with Gasteiger partial charge in [0, 0.05) is 12.6 Å². The van der Waals surface area contributed by atoms with Gasteiger partial charge in [-0.15, -0.1) is 0 Å². The van der Waals surface area contributed by atoms with Crippen LogP contribution in [0.1, 0.15) is 19.1 Å². The summed E-state index contributed by atoms with van der Waals surface area (Å²) in [5, 5.41) is 0. The van der Waals surface area contributed by atoms with Gasteiger partial charge in [0.2, 0.25) is 0 Å². The highest BCUT2D eigenvalue weighted by atomic mass is 16.3. The molecular formula is C11H18N2O. The van der Waals surface area contributed by atoms with Crippen molar-refractivity contribution in [3.05, 3.63) is 24.2 Å². The lowest BCUT2D eigenvalue weighted by molar-refractivity contribution is 0.234. The molecule has 0 spiro atoms. The van der Waals surface area contributed by atoms with Crippen molar-refractivity contribution in [2.75, 3.05) is 13.1 Å². The van der Waals surface area contributed by atoms with Gasteiger partial charge < -0.3 is 10.2 Å². The maximum atomic E-state index is 5.68. The molecule has 2 atom stereocenters. The highest BCUT2D eigenvalue weighted by Gasteiger charge is 2.28.